The van der Waals surface area contributed by atoms with Crippen LogP contribution < -0.4 is 11.2 Å². The average Bonchev–Trinajstić information content (AvgIpc) is 2.92. The zero-order valence-electron chi connectivity index (χ0n) is 10.8. The molecule has 1 aromatic rings. The molecule has 7 nitrogen and oxygen atoms in total. The van der Waals surface area contributed by atoms with Crippen molar-refractivity contribution >= 4 is 0 Å². The van der Waals surface area contributed by atoms with Crippen LogP contribution in [0.3, 0.4) is 0 Å². The van der Waals surface area contributed by atoms with Gasteiger partial charge in [-0.3, -0.25) is 14.3 Å². The molecule has 0 aliphatic carbocycles. The topological polar surface area (TPSA) is 82.6 Å². The number of hydrogen-bond acceptors (Lipinski definition) is 5. The van der Waals surface area contributed by atoms with Gasteiger partial charge in [0.05, 0.1) is 13.2 Å². The van der Waals surface area contributed by atoms with Crippen LogP contribution in [0.25, 0.3) is 0 Å². The Labute approximate surface area is 109 Å². The number of methoxy groups -OCH3 is 1. The van der Waals surface area contributed by atoms with Crippen LogP contribution in [0.4, 0.5) is 0 Å². The van der Waals surface area contributed by atoms with E-state index in [-0.39, 0.29) is 5.92 Å². The summed E-state index contributed by atoms with van der Waals surface area (Å²) < 4.78 is 18.2. The number of aromatic nitrogens is 2. The molecule has 0 amide bonds. The summed E-state index contributed by atoms with van der Waals surface area (Å²) in [5, 5.41) is 0. The maximum absolute atomic E-state index is 11.9. The highest BCUT2D eigenvalue weighted by Gasteiger charge is 2.58. The quantitative estimate of drug-likeness (QED) is 0.800. The third-order valence-corrected chi connectivity index (χ3v) is 3.88. The first kappa shape index (κ1) is 12.6. The highest BCUT2D eigenvalue weighted by molar-refractivity contribution is 5.04. The molecule has 0 spiro atoms. The Bertz CT molecular complexity index is 607. The summed E-state index contributed by atoms with van der Waals surface area (Å²) in [5.74, 6) is -0.837. The number of H-pyrrole nitrogens is 1. The monoisotopic (exact) mass is 268 g/mol. The number of rotatable bonds is 2. The number of hydrogen-bond donors (Lipinski definition) is 1. The Morgan fingerprint density at radius 1 is 1.53 bits per heavy atom. The van der Waals surface area contributed by atoms with Crippen molar-refractivity contribution < 1.29 is 14.2 Å². The summed E-state index contributed by atoms with van der Waals surface area (Å²) >= 11 is 0. The molecule has 19 heavy (non-hydrogen) atoms. The maximum Gasteiger partial charge on any atom is 0.330 e. The van der Waals surface area contributed by atoms with Gasteiger partial charge < -0.3 is 14.2 Å². The molecule has 0 bridgehead atoms. The van der Waals surface area contributed by atoms with Gasteiger partial charge in [-0.1, -0.05) is 0 Å². The van der Waals surface area contributed by atoms with Crippen molar-refractivity contribution in [2.24, 2.45) is 5.92 Å². The summed E-state index contributed by atoms with van der Waals surface area (Å²) in [6.07, 6.45) is 1.64. The molecule has 0 aromatic carbocycles. The van der Waals surface area contributed by atoms with E-state index >= 15 is 0 Å². The molecule has 2 aliphatic heterocycles. The van der Waals surface area contributed by atoms with E-state index in [1.54, 1.807) is 14.0 Å². The van der Waals surface area contributed by atoms with E-state index in [1.807, 2.05) is 0 Å². The number of aromatic amines is 1. The SMILES string of the molecule is COC12OCCC1COC2n1cc(C)c(=O)[nH]c1=O. The highest BCUT2D eigenvalue weighted by Crippen LogP contribution is 2.47. The Morgan fingerprint density at radius 3 is 3.05 bits per heavy atom. The molecule has 2 saturated heterocycles. The van der Waals surface area contributed by atoms with Crippen molar-refractivity contribution in [2.45, 2.75) is 25.4 Å². The molecule has 0 radical (unpaired) electrons. The standard InChI is InChI=1S/C12H16N2O5/c1-7-5-14(11(16)13-9(7)15)10-12(17-2)8(6-18-10)3-4-19-12/h5,8,10H,3-4,6H2,1-2H3,(H,13,15,16). The fourth-order valence-corrected chi connectivity index (χ4v) is 2.84. The normalized spacial score (nSPS) is 33.6. The van der Waals surface area contributed by atoms with Gasteiger partial charge in [0.1, 0.15) is 0 Å². The smallest absolute Gasteiger partial charge is 0.330 e. The minimum Gasteiger partial charge on any atom is -0.352 e. The third-order valence-electron chi connectivity index (χ3n) is 3.88. The van der Waals surface area contributed by atoms with Gasteiger partial charge in [0.15, 0.2) is 6.23 Å². The lowest BCUT2D eigenvalue weighted by atomic mass is 10.00. The molecule has 2 aliphatic rings. The minimum atomic E-state index is -0.936. The summed E-state index contributed by atoms with van der Waals surface area (Å²) in [4.78, 5) is 25.6. The number of aryl methyl sites for hydroxylation is 1. The molecule has 1 aromatic heterocycles. The second kappa shape index (κ2) is 4.29. The molecule has 7 heteroatoms. The van der Waals surface area contributed by atoms with Crippen molar-refractivity contribution in [1.29, 1.82) is 0 Å². The van der Waals surface area contributed by atoms with Gasteiger partial charge >= 0.3 is 5.69 Å². The zero-order valence-corrected chi connectivity index (χ0v) is 10.8. The summed E-state index contributed by atoms with van der Waals surface area (Å²) in [6, 6.07) is 0. The van der Waals surface area contributed by atoms with E-state index in [0.29, 0.717) is 18.8 Å². The van der Waals surface area contributed by atoms with Gasteiger partial charge in [-0.2, -0.15) is 0 Å². The summed E-state index contributed by atoms with van der Waals surface area (Å²) in [7, 11) is 1.55. The predicted molar refractivity (Wildman–Crippen MR) is 64.8 cm³/mol. The van der Waals surface area contributed by atoms with Gasteiger partial charge in [-0.25, -0.2) is 4.79 Å². The van der Waals surface area contributed by atoms with Crippen LogP contribution >= 0.6 is 0 Å². The van der Waals surface area contributed by atoms with Gasteiger partial charge in [0, 0.05) is 24.8 Å². The highest BCUT2D eigenvalue weighted by atomic mass is 16.7. The van der Waals surface area contributed by atoms with Crippen LogP contribution in [-0.2, 0) is 14.2 Å². The number of fused-ring (bicyclic) bond motifs is 1. The molecule has 3 atom stereocenters. The van der Waals surface area contributed by atoms with E-state index in [1.165, 1.54) is 10.8 Å². The number of ether oxygens (including phenoxy) is 3. The second-order valence-electron chi connectivity index (χ2n) is 4.92. The molecule has 3 rings (SSSR count). The van der Waals surface area contributed by atoms with E-state index in [2.05, 4.69) is 4.98 Å². The molecule has 104 valence electrons. The van der Waals surface area contributed by atoms with Crippen molar-refractivity contribution in [1.82, 2.24) is 9.55 Å². The first-order chi connectivity index (χ1) is 9.08. The lowest BCUT2D eigenvalue weighted by Crippen LogP contribution is -2.46. The third kappa shape index (κ3) is 1.69. The van der Waals surface area contributed by atoms with Crippen LogP contribution in [0.1, 0.15) is 18.2 Å². The van der Waals surface area contributed by atoms with Gasteiger partial charge in [-0.15, -0.1) is 0 Å². The van der Waals surface area contributed by atoms with Crippen LogP contribution in [0.5, 0.6) is 0 Å². The van der Waals surface area contributed by atoms with Crippen LogP contribution in [0.2, 0.25) is 0 Å². The Balaban J connectivity index is 2.10. The number of nitrogens with one attached hydrogen (secondary N) is 1. The Morgan fingerprint density at radius 2 is 2.32 bits per heavy atom. The van der Waals surface area contributed by atoms with E-state index in [0.717, 1.165) is 6.42 Å². The lowest BCUT2D eigenvalue weighted by Gasteiger charge is -2.31. The first-order valence-corrected chi connectivity index (χ1v) is 6.21. The van der Waals surface area contributed by atoms with Gasteiger partial charge in [0.2, 0.25) is 5.79 Å². The first-order valence-electron chi connectivity index (χ1n) is 6.21. The van der Waals surface area contributed by atoms with Crippen molar-refractivity contribution in [3.8, 4) is 0 Å². The Hall–Kier alpha value is -1.44. The molecule has 3 unspecified atom stereocenters. The molecule has 0 saturated carbocycles. The van der Waals surface area contributed by atoms with Gasteiger partial charge in [0.25, 0.3) is 5.56 Å². The summed E-state index contributed by atoms with van der Waals surface area (Å²) in [5.41, 5.74) is -0.473. The number of nitrogens with zero attached hydrogens (tertiary/aromatic N) is 1. The molecular formula is C12H16N2O5. The second-order valence-corrected chi connectivity index (χ2v) is 4.92. The molecule has 2 fully saturated rings. The minimum absolute atomic E-state index is 0.0987. The van der Waals surface area contributed by atoms with Gasteiger partial charge in [-0.05, 0) is 13.3 Å². The predicted octanol–water partition coefficient (Wildman–Crippen LogP) is -0.247. The van der Waals surface area contributed by atoms with Crippen molar-refractivity contribution in [3.05, 3.63) is 32.6 Å². The fraction of sp³-hybridized carbons (Fsp3) is 0.667. The van der Waals surface area contributed by atoms with E-state index in [9.17, 15) is 9.59 Å². The molecule has 1 N–H and O–H groups in total. The van der Waals surface area contributed by atoms with Crippen molar-refractivity contribution in [2.75, 3.05) is 20.3 Å². The maximum atomic E-state index is 11.9. The molecule has 3 heterocycles. The zero-order chi connectivity index (χ0) is 13.6. The van der Waals surface area contributed by atoms with Crippen LogP contribution in [0.15, 0.2) is 15.8 Å². The Kier molecular flexibility index (Phi) is 2.84. The largest absolute Gasteiger partial charge is 0.352 e. The lowest BCUT2D eigenvalue weighted by molar-refractivity contribution is -0.254. The van der Waals surface area contributed by atoms with E-state index in [4.69, 9.17) is 14.2 Å². The fourth-order valence-electron chi connectivity index (χ4n) is 2.84. The average molecular weight is 268 g/mol. The molecular weight excluding hydrogens is 252 g/mol. The van der Waals surface area contributed by atoms with Crippen LogP contribution in [-0.4, -0.2) is 35.7 Å². The van der Waals surface area contributed by atoms with Crippen molar-refractivity contribution in [3.63, 3.8) is 0 Å². The summed E-state index contributed by atoms with van der Waals surface area (Å²) in [6.45, 7) is 2.69. The van der Waals surface area contributed by atoms with Crippen LogP contribution in [0, 0.1) is 12.8 Å². The van der Waals surface area contributed by atoms with E-state index < -0.39 is 23.3 Å².